The Morgan fingerprint density at radius 1 is 1.05 bits per heavy atom. The maximum absolute atomic E-state index is 12.1. The number of aliphatic hydroxyl groups excluding tert-OH is 3. The molecule has 0 aliphatic carbocycles. The average Bonchev–Trinajstić information content (AvgIpc) is 2.43. The molecular weight excluding hydrogens is 487 g/mol. The van der Waals surface area contributed by atoms with E-state index in [0.29, 0.717) is 0 Å². The van der Waals surface area contributed by atoms with Crippen LogP contribution in [0.25, 0.3) is 0 Å². The number of ether oxygens (including phenoxy) is 1. The molecule has 0 aromatic rings. The Kier molecular flexibility index (Phi) is 15.1. The molecule has 0 radical (unpaired) electrons. The van der Waals surface area contributed by atoms with E-state index in [2.05, 4.69) is 38.1 Å². The molecule has 3 N–H and O–H groups in total. The summed E-state index contributed by atoms with van der Waals surface area (Å²) in [6.07, 6.45) is -0.883. The summed E-state index contributed by atoms with van der Waals surface area (Å²) in [4.78, 5) is 0. The molecule has 1 aliphatic heterocycles. The summed E-state index contributed by atoms with van der Waals surface area (Å²) < 4.78 is 16.7. The van der Waals surface area contributed by atoms with Crippen LogP contribution in [0.5, 0.6) is 0 Å². The maximum Gasteiger partial charge on any atom is 1.00 e. The second kappa shape index (κ2) is 12.8. The minimum absolute atomic E-state index is 0. The molecule has 5 atom stereocenters. The van der Waals surface area contributed by atoms with Crippen molar-refractivity contribution in [2.45, 2.75) is 50.6 Å². The van der Waals surface area contributed by atoms with E-state index < -0.39 is 36.5 Å². The van der Waals surface area contributed by atoms with E-state index in [9.17, 15) is 4.39 Å². The number of halogens is 1. The van der Waals surface area contributed by atoms with E-state index in [-0.39, 0.29) is 30.3 Å². The van der Waals surface area contributed by atoms with E-state index in [1.165, 1.54) is 18.5 Å². The number of rotatable bonds is 4. The molecule has 0 amide bonds. The van der Waals surface area contributed by atoms with E-state index in [4.69, 9.17) is 15.3 Å². The summed E-state index contributed by atoms with van der Waals surface area (Å²) in [5.41, 5.74) is 0. The van der Waals surface area contributed by atoms with Gasteiger partial charge in [-0.05, 0) is 28.7 Å². The molecule has 8 heteroatoms. The first-order chi connectivity index (χ1) is 8.92. The fourth-order valence-electron chi connectivity index (χ4n) is 1.80. The van der Waals surface area contributed by atoms with Gasteiger partial charge in [0.15, 0.2) is 0 Å². The van der Waals surface area contributed by atoms with Crippen molar-refractivity contribution in [1.82, 2.24) is 0 Å². The standard InChI is InChI=1S/C6H11FO4S.C6H15P.Au/c7-1-2-3(8)4(9)5(12)6(10)11-2;1-4-7(5-2)6-3;/h2-6,8-10,12H,1H2;4-6H2,1-3H3;/q;;+1/t2?,3-,4?,5+,6-;;/m0../s1. The van der Waals surface area contributed by atoms with Gasteiger partial charge in [0.25, 0.3) is 0 Å². The molecule has 0 aromatic heterocycles. The third kappa shape index (κ3) is 7.52. The zero-order valence-corrected chi connectivity index (χ0v) is 16.0. The molecule has 0 saturated carbocycles. The molecule has 20 heavy (non-hydrogen) atoms. The Bertz CT molecular complexity index is 229. The Morgan fingerprint density at radius 3 is 1.80 bits per heavy atom. The number of hydrogen-bond acceptors (Lipinski definition) is 5. The normalized spacial score (nSPS) is 33.1. The van der Waals surface area contributed by atoms with Crippen molar-refractivity contribution in [3.8, 4) is 0 Å². The Morgan fingerprint density at radius 2 is 1.50 bits per heavy atom. The minimum Gasteiger partial charge on any atom is -0.782 e. The van der Waals surface area contributed by atoms with E-state index >= 15 is 0 Å². The number of alkyl halides is 1. The Hall–Kier alpha value is 1.29. The van der Waals surface area contributed by atoms with Gasteiger partial charge >= 0.3 is 22.4 Å². The first kappa shape index (κ1) is 23.6. The fraction of sp³-hybridized carbons (Fsp3) is 1.00. The molecule has 126 valence electrons. The van der Waals surface area contributed by atoms with Crippen molar-refractivity contribution in [1.29, 1.82) is 0 Å². The monoisotopic (exact) mass is 513 g/mol. The van der Waals surface area contributed by atoms with Crippen molar-refractivity contribution in [2.75, 3.05) is 25.2 Å². The first-order valence-corrected chi connectivity index (χ1v) is 9.27. The second-order valence-electron chi connectivity index (χ2n) is 4.48. The van der Waals surface area contributed by atoms with Gasteiger partial charge in [-0.25, -0.2) is 4.39 Å². The van der Waals surface area contributed by atoms with Crippen molar-refractivity contribution >= 4 is 20.6 Å². The summed E-state index contributed by atoms with van der Waals surface area (Å²) in [6, 6.07) is 0. The third-order valence-corrected chi connectivity index (χ3v) is 6.83. The molecule has 1 heterocycles. The maximum atomic E-state index is 12.1. The fourth-order valence-corrected chi connectivity index (χ4v) is 3.52. The van der Waals surface area contributed by atoms with Gasteiger partial charge in [-0.2, -0.15) is 0 Å². The molecule has 1 saturated heterocycles. The molecule has 1 rings (SSSR count). The summed E-state index contributed by atoms with van der Waals surface area (Å²) in [7, 11) is 0.137. The predicted octanol–water partition coefficient (Wildman–Crippen LogP) is 0.568. The van der Waals surface area contributed by atoms with Crippen molar-refractivity contribution in [2.24, 2.45) is 0 Å². The molecule has 1 fully saturated rings. The zero-order valence-electron chi connectivity index (χ0n) is 12.1. The summed E-state index contributed by atoms with van der Waals surface area (Å²) in [6.45, 7) is 5.96. The molecule has 1 aliphatic rings. The van der Waals surface area contributed by atoms with Crippen LogP contribution < -0.4 is 0 Å². The molecule has 0 bridgehead atoms. The quantitative estimate of drug-likeness (QED) is 0.292. The van der Waals surface area contributed by atoms with Crippen LogP contribution >= 0.6 is 7.92 Å². The Labute approximate surface area is 143 Å². The van der Waals surface area contributed by atoms with Gasteiger partial charge < -0.3 is 32.7 Å². The average molecular weight is 513 g/mol. The molecular formula is C12H26AuFO4PS+. The summed E-state index contributed by atoms with van der Waals surface area (Å²) in [5.74, 6) is 0. The van der Waals surface area contributed by atoms with Crippen LogP contribution in [0, 0.1) is 0 Å². The van der Waals surface area contributed by atoms with Gasteiger partial charge in [0.2, 0.25) is 0 Å². The zero-order chi connectivity index (χ0) is 15.0. The van der Waals surface area contributed by atoms with Crippen LogP contribution in [0.4, 0.5) is 4.39 Å². The SMILES string of the molecule is CC[PH+](CC)CC.OC1[C@@H](O)C(CF)O[C@H](O)[C@@H]1[S-].[Au+]. The minimum atomic E-state index is -1.39. The van der Waals surface area contributed by atoms with Gasteiger partial charge in [0.05, 0.1) is 24.6 Å². The van der Waals surface area contributed by atoms with Gasteiger partial charge in [0, 0.05) is 0 Å². The van der Waals surface area contributed by atoms with Crippen molar-refractivity contribution < 1.29 is 46.8 Å². The van der Waals surface area contributed by atoms with Crippen molar-refractivity contribution in [3.05, 3.63) is 0 Å². The van der Waals surface area contributed by atoms with Gasteiger partial charge in [-0.3, -0.25) is 0 Å². The summed E-state index contributed by atoms with van der Waals surface area (Å²) >= 11 is 4.60. The van der Waals surface area contributed by atoms with Gasteiger partial charge in [-0.15, -0.1) is 0 Å². The Balaban J connectivity index is 0. The second-order valence-corrected chi connectivity index (χ2v) is 8.64. The molecule has 0 aromatic carbocycles. The van der Waals surface area contributed by atoms with Crippen LogP contribution in [0.3, 0.4) is 0 Å². The molecule has 4 nitrogen and oxygen atoms in total. The molecule has 2 unspecified atom stereocenters. The predicted molar refractivity (Wildman–Crippen MR) is 80.0 cm³/mol. The van der Waals surface area contributed by atoms with Gasteiger partial charge in [0.1, 0.15) is 25.2 Å². The first-order valence-electron chi connectivity index (χ1n) is 6.67. The van der Waals surface area contributed by atoms with Crippen LogP contribution in [-0.2, 0) is 39.7 Å². The van der Waals surface area contributed by atoms with Crippen LogP contribution in [0.1, 0.15) is 20.8 Å². The van der Waals surface area contributed by atoms with Crippen LogP contribution in [-0.4, -0.2) is 70.3 Å². The van der Waals surface area contributed by atoms with Gasteiger partial charge in [-0.1, -0.05) is 5.25 Å². The largest absolute Gasteiger partial charge is 1.00 e. The van der Waals surface area contributed by atoms with E-state index in [1.54, 1.807) is 0 Å². The van der Waals surface area contributed by atoms with E-state index in [1.807, 2.05) is 0 Å². The number of aliphatic hydroxyl groups is 3. The van der Waals surface area contributed by atoms with Crippen LogP contribution in [0.15, 0.2) is 0 Å². The summed E-state index contributed by atoms with van der Waals surface area (Å²) in [5, 5.41) is 26.3. The smallest absolute Gasteiger partial charge is 0.782 e. The van der Waals surface area contributed by atoms with Crippen LogP contribution in [0.2, 0.25) is 0 Å². The third-order valence-electron chi connectivity index (χ3n) is 3.31. The van der Waals surface area contributed by atoms with E-state index in [0.717, 1.165) is 0 Å². The topological polar surface area (TPSA) is 69.9 Å². The number of hydrogen-bond donors (Lipinski definition) is 3. The van der Waals surface area contributed by atoms with Crippen molar-refractivity contribution in [3.63, 3.8) is 0 Å². The molecule has 0 spiro atoms.